The molecule has 0 radical (unpaired) electrons. The number of nitrogens with zero attached hydrogens (tertiary/aromatic N) is 3. The van der Waals surface area contributed by atoms with Gasteiger partial charge in [0.1, 0.15) is 0 Å². The first-order valence-corrected chi connectivity index (χ1v) is 8.15. The number of pyridine rings is 1. The fraction of sp³-hybridized carbons (Fsp3) is 0.625. The molecule has 136 valence electrons. The summed E-state index contributed by atoms with van der Waals surface area (Å²) < 4.78 is 19.1. The zero-order valence-corrected chi connectivity index (χ0v) is 16.6. The van der Waals surface area contributed by atoms with E-state index in [-0.39, 0.29) is 35.8 Å². The molecule has 0 bridgehead atoms. The maximum absolute atomic E-state index is 13.8. The van der Waals surface area contributed by atoms with Gasteiger partial charge in [0, 0.05) is 52.1 Å². The van der Waals surface area contributed by atoms with E-state index in [9.17, 15) is 4.39 Å². The number of hydrogen-bond donors (Lipinski definition) is 2. The van der Waals surface area contributed by atoms with Crippen LogP contribution in [0.3, 0.4) is 0 Å². The van der Waals surface area contributed by atoms with Crippen LogP contribution in [0.2, 0.25) is 0 Å². The van der Waals surface area contributed by atoms with Crippen molar-refractivity contribution < 1.29 is 9.13 Å². The molecule has 2 rings (SSSR count). The van der Waals surface area contributed by atoms with Crippen LogP contribution in [0.15, 0.2) is 23.3 Å². The normalized spacial score (nSPS) is 17.5. The molecule has 2 heterocycles. The molecule has 1 aliphatic rings. The summed E-state index contributed by atoms with van der Waals surface area (Å²) in [6.45, 7) is 5.79. The Hall–Kier alpha value is -1.16. The zero-order chi connectivity index (χ0) is 16.5. The van der Waals surface area contributed by atoms with Crippen molar-refractivity contribution in [2.24, 2.45) is 4.99 Å². The second-order valence-corrected chi connectivity index (χ2v) is 5.43. The molecule has 1 fully saturated rings. The monoisotopic (exact) mass is 451 g/mol. The van der Waals surface area contributed by atoms with E-state index < -0.39 is 0 Å². The number of ether oxygens (including phenoxy) is 1. The topological polar surface area (TPSA) is 61.8 Å². The van der Waals surface area contributed by atoms with E-state index in [2.05, 4.69) is 20.6 Å². The minimum Gasteiger partial charge on any atom is -0.382 e. The van der Waals surface area contributed by atoms with Crippen molar-refractivity contribution in [2.45, 2.75) is 25.8 Å². The Morgan fingerprint density at radius 3 is 3.08 bits per heavy atom. The van der Waals surface area contributed by atoms with Gasteiger partial charge in [0.15, 0.2) is 17.6 Å². The van der Waals surface area contributed by atoms with Crippen LogP contribution in [0, 0.1) is 5.82 Å². The van der Waals surface area contributed by atoms with Crippen LogP contribution in [0.25, 0.3) is 0 Å². The first-order valence-electron chi connectivity index (χ1n) is 8.15. The molecule has 1 aromatic heterocycles. The third-order valence-corrected chi connectivity index (χ3v) is 3.75. The van der Waals surface area contributed by atoms with E-state index in [0.29, 0.717) is 12.4 Å². The molecule has 1 unspecified atom stereocenters. The van der Waals surface area contributed by atoms with E-state index in [1.807, 2.05) is 11.8 Å². The maximum atomic E-state index is 13.8. The predicted octanol–water partition coefficient (Wildman–Crippen LogP) is 2.01. The van der Waals surface area contributed by atoms with Crippen LogP contribution < -0.4 is 15.5 Å². The Bertz CT molecular complexity index is 517. The Labute approximate surface area is 160 Å². The Kier molecular flexibility index (Phi) is 9.92. The first kappa shape index (κ1) is 20.9. The van der Waals surface area contributed by atoms with Gasteiger partial charge in [0.05, 0.1) is 0 Å². The number of rotatable bonds is 7. The fourth-order valence-electron chi connectivity index (χ4n) is 2.59. The number of nitrogens with one attached hydrogen (secondary N) is 2. The van der Waals surface area contributed by atoms with Crippen molar-refractivity contribution in [1.29, 1.82) is 0 Å². The molecule has 1 saturated heterocycles. The predicted molar refractivity (Wildman–Crippen MR) is 106 cm³/mol. The van der Waals surface area contributed by atoms with E-state index in [1.165, 1.54) is 6.07 Å². The SMILES string of the molecule is CCOCCCNC(=NC)NC1CCN(c2ncccc2F)C1.I. The van der Waals surface area contributed by atoms with Crippen molar-refractivity contribution in [3.05, 3.63) is 24.1 Å². The number of aliphatic imine (C=N–C) groups is 1. The van der Waals surface area contributed by atoms with Gasteiger partial charge in [-0.3, -0.25) is 4.99 Å². The van der Waals surface area contributed by atoms with E-state index >= 15 is 0 Å². The van der Waals surface area contributed by atoms with Gasteiger partial charge in [-0.25, -0.2) is 9.37 Å². The Morgan fingerprint density at radius 2 is 2.38 bits per heavy atom. The summed E-state index contributed by atoms with van der Waals surface area (Å²) in [7, 11) is 1.75. The molecule has 0 aliphatic carbocycles. The molecule has 0 spiro atoms. The first-order chi connectivity index (χ1) is 11.2. The largest absolute Gasteiger partial charge is 0.382 e. The van der Waals surface area contributed by atoms with Crippen LogP contribution in [-0.4, -0.2) is 56.9 Å². The summed E-state index contributed by atoms with van der Waals surface area (Å²) in [5.41, 5.74) is 0. The third kappa shape index (κ3) is 6.39. The lowest BCUT2D eigenvalue weighted by Crippen LogP contribution is -2.45. The van der Waals surface area contributed by atoms with Crippen molar-refractivity contribution in [2.75, 3.05) is 44.8 Å². The molecule has 0 saturated carbocycles. The summed E-state index contributed by atoms with van der Waals surface area (Å²) in [4.78, 5) is 10.3. The van der Waals surface area contributed by atoms with Crippen LogP contribution >= 0.6 is 24.0 Å². The van der Waals surface area contributed by atoms with Gasteiger partial charge in [-0.2, -0.15) is 0 Å². The highest BCUT2D eigenvalue weighted by Gasteiger charge is 2.25. The van der Waals surface area contributed by atoms with Crippen molar-refractivity contribution in [3.8, 4) is 0 Å². The minimum atomic E-state index is -0.272. The third-order valence-electron chi connectivity index (χ3n) is 3.75. The fourth-order valence-corrected chi connectivity index (χ4v) is 2.59. The van der Waals surface area contributed by atoms with Gasteiger partial charge in [-0.05, 0) is 31.9 Å². The van der Waals surface area contributed by atoms with Crippen molar-refractivity contribution >= 4 is 35.8 Å². The Morgan fingerprint density at radius 1 is 1.54 bits per heavy atom. The Balaban J connectivity index is 0.00000288. The molecule has 0 amide bonds. The molecular weight excluding hydrogens is 424 g/mol. The van der Waals surface area contributed by atoms with Crippen molar-refractivity contribution in [1.82, 2.24) is 15.6 Å². The molecule has 6 nitrogen and oxygen atoms in total. The highest BCUT2D eigenvalue weighted by atomic mass is 127. The van der Waals surface area contributed by atoms with Crippen LogP contribution in [0.5, 0.6) is 0 Å². The van der Waals surface area contributed by atoms with Gasteiger partial charge in [0.25, 0.3) is 0 Å². The van der Waals surface area contributed by atoms with Gasteiger partial charge in [0.2, 0.25) is 0 Å². The minimum absolute atomic E-state index is 0. The quantitative estimate of drug-likeness (QED) is 0.288. The summed E-state index contributed by atoms with van der Waals surface area (Å²) in [5.74, 6) is 0.929. The smallest absolute Gasteiger partial charge is 0.191 e. The summed E-state index contributed by atoms with van der Waals surface area (Å²) in [5, 5.41) is 6.65. The highest BCUT2D eigenvalue weighted by molar-refractivity contribution is 14.0. The molecule has 1 atom stereocenters. The van der Waals surface area contributed by atoms with Crippen LogP contribution in [0.4, 0.5) is 10.2 Å². The average molecular weight is 451 g/mol. The van der Waals surface area contributed by atoms with Gasteiger partial charge in [-0.15, -0.1) is 24.0 Å². The lowest BCUT2D eigenvalue weighted by Gasteiger charge is -2.20. The number of aromatic nitrogens is 1. The number of hydrogen-bond acceptors (Lipinski definition) is 4. The van der Waals surface area contributed by atoms with Gasteiger partial charge < -0.3 is 20.3 Å². The van der Waals surface area contributed by atoms with Gasteiger partial charge >= 0.3 is 0 Å². The van der Waals surface area contributed by atoms with E-state index in [4.69, 9.17) is 4.74 Å². The van der Waals surface area contributed by atoms with Crippen LogP contribution in [0.1, 0.15) is 19.8 Å². The molecule has 2 N–H and O–H groups in total. The van der Waals surface area contributed by atoms with Crippen LogP contribution in [-0.2, 0) is 4.74 Å². The lowest BCUT2D eigenvalue weighted by molar-refractivity contribution is 0.145. The summed E-state index contributed by atoms with van der Waals surface area (Å²) >= 11 is 0. The number of anilines is 1. The zero-order valence-electron chi connectivity index (χ0n) is 14.3. The second kappa shape index (κ2) is 11.4. The lowest BCUT2D eigenvalue weighted by atomic mass is 10.3. The van der Waals surface area contributed by atoms with Crippen molar-refractivity contribution in [3.63, 3.8) is 0 Å². The van der Waals surface area contributed by atoms with E-state index in [1.54, 1.807) is 19.3 Å². The summed E-state index contributed by atoms with van der Waals surface area (Å²) in [6.07, 6.45) is 3.48. The molecule has 0 aromatic carbocycles. The standard InChI is InChI=1S/C16H26FN5O.HI/c1-3-23-11-5-9-20-16(18-2)21-13-7-10-22(12-13)15-14(17)6-4-8-19-15;/h4,6,8,13H,3,5,7,9-12H2,1-2H3,(H2,18,20,21);1H. The molecule has 24 heavy (non-hydrogen) atoms. The molecule has 1 aromatic rings. The highest BCUT2D eigenvalue weighted by Crippen LogP contribution is 2.20. The number of halogens is 2. The molecular formula is C16H27FIN5O. The molecule has 1 aliphatic heterocycles. The summed E-state index contributed by atoms with van der Waals surface area (Å²) in [6, 6.07) is 3.29. The molecule has 8 heteroatoms. The maximum Gasteiger partial charge on any atom is 0.191 e. The average Bonchev–Trinajstić information content (AvgIpc) is 3.02. The van der Waals surface area contributed by atoms with Gasteiger partial charge in [-0.1, -0.05) is 0 Å². The second-order valence-electron chi connectivity index (χ2n) is 5.43. The van der Waals surface area contributed by atoms with E-state index in [0.717, 1.165) is 45.1 Å². The number of guanidine groups is 1.